The Hall–Kier alpha value is -2.56. The van der Waals surface area contributed by atoms with Crippen molar-refractivity contribution in [1.82, 2.24) is 10.6 Å². The van der Waals surface area contributed by atoms with E-state index in [2.05, 4.69) is 77.9 Å². The fourth-order valence-corrected chi connectivity index (χ4v) is 27.3. The largest absolute Gasteiger partial charge is 0.481 e. The lowest BCUT2D eigenvalue weighted by Gasteiger charge is -2.63. The van der Waals surface area contributed by atoms with Crippen LogP contribution in [0.3, 0.4) is 0 Å². The van der Waals surface area contributed by atoms with E-state index in [-0.39, 0.29) is 175 Å². The van der Waals surface area contributed by atoms with Crippen molar-refractivity contribution >= 4 is 23.7 Å². The Morgan fingerprint density at radius 1 is 0.443 bits per heavy atom. The van der Waals surface area contributed by atoms with Crippen molar-refractivity contribution in [3.05, 3.63) is 0 Å². The highest BCUT2D eigenvalue weighted by Gasteiger charge is 2.70. The fourth-order valence-electron chi connectivity index (χ4n) is 27.3. The first-order chi connectivity index (χ1) is 41.5. The number of aliphatic imine (C=N–C) groups is 1. The van der Waals surface area contributed by atoms with E-state index in [1.807, 2.05) is 0 Å². The van der Waals surface area contributed by atoms with Gasteiger partial charge in [0.25, 0.3) is 0 Å². The number of hydrogen-bond donors (Lipinski definition) is 11. The van der Waals surface area contributed by atoms with Gasteiger partial charge >= 0.3 is 5.97 Å². The van der Waals surface area contributed by atoms with Crippen molar-refractivity contribution in [1.29, 1.82) is 0 Å². The molecule has 0 bridgehead atoms. The summed E-state index contributed by atoms with van der Waals surface area (Å²) < 4.78 is 0. The number of amides is 2. The summed E-state index contributed by atoms with van der Waals surface area (Å²) in [6.45, 7) is 20.8. The second kappa shape index (κ2) is 24.0. The molecule has 15 heteroatoms. The number of guanidine groups is 1. The van der Waals surface area contributed by atoms with Gasteiger partial charge in [-0.05, 0) is 293 Å². The number of aliphatic carboxylic acids is 1. The predicted molar refractivity (Wildman–Crippen MR) is 340 cm³/mol. The highest BCUT2D eigenvalue weighted by atomic mass is 16.4. The highest BCUT2D eigenvalue weighted by molar-refractivity contribution is 5.77. The molecule has 0 aliphatic heterocycles. The molecule has 0 aromatic rings. The number of aliphatic hydroxyl groups is 6. The fraction of sp³-hybridized carbons (Fsp3) is 0.945. The molecular weight excluding hydrogens is 1110 g/mol. The van der Waals surface area contributed by atoms with E-state index in [4.69, 9.17) is 11.5 Å². The van der Waals surface area contributed by atoms with Crippen LogP contribution in [0.2, 0.25) is 0 Å². The van der Waals surface area contributed by atoms with Gasteiger partial charge in [0.2, 0.25) is 11.8 Å². The SMILES string of the molecule is C[C@H](CCC(=O)N[C@@H]1CC[C@@]2(C)C(C1)C[C@@H](O)[C@H]1[C@@H]3CC[C@H]([C@H](C)CCC(=O)N[C@@H]4CC[C@@]5(C)C(C4)C[C@@H](O)[C@H]4[C@@H]6CC[C@H]([C@H](C)CCC(=O)O)[C@@]6(C)[C@@H](O)C[C@@H]45)[C@@]3(C)[C@@H](O)C[C@@H]12)[C@H]1CC[C@H]2[C@@H]3[C@H](O)CC4C[C@H](N=C(N)N)CC[C@]4(C)[C@H]3C[C@H](O)[C@]12C. The van der Waals surface area contributed by atoms with Crippen LogP contribution in [-0.4, -0.2) is 114 Å². The quantitative estimate of drug-likeness (QED) is 0.0540. The summed E-state index contributed by atoms with van der Waals surface area (Å²) in [5.74, 6) is 3.59. The van der Waals surface area contributed by atoms with Crippen molar-refractivity contribution in [2.24, 2.45) is 155 Å². The molecule has 0 aromatic carbocycles. The minimum atomic E-state index is -0.771. The van der Waals surface area contributed by atoms with Crippen molar-refractivity contribution in [2.45, 2.75) is 290 Å². The number of carboxylic acids is 1. The molecule has 13 N–H and O–H groups in total. The minimum absolute atomic E-state index is 0.0249. The minimum Gasteiger partial charge on any atom is -0.481 e. The number of nitrogens with two attached hydrogens (primary N) is 2. The highest BCUT2D eigenvalue weighted by Crippen LogP contribution is 2.72. The molecular formula is C73H121N5O10. The van der Waals surface area contributed by atoms with Crippen molar-refractivity contribution in [3.8, 4) is 0 Å². The molecule has 0 heterocycles. The Labute approximate surface area is 528 Å². The van der Waals surface area contributed by atoms with Crippen LogP contribution < -0.4 is 22.1 Å². The topological polar surface area (TPSA) is 281 Å². The molecule has 3 unspecified atom stereocenters. The molecule has 2 amide bonds. The Balaban J connectivity index is 0.605. The number of aliphatic hydroxyl groups excluding tert-OH is 6. The zero-order valence-electron chi connectivity index (χ0n) is 55.6. The molecule has 12 aliphatic rings. The van der Waals surface area contributed by atoms with E-state index in [0.29, 0.717) is 44.4 Å². The molecule has 12 aliphatic carbocycles. The summed E-state index contributed by atoms with van der Waals surface area (Å²) in [7, 11) is 0. The molecule has 12 rings (SSSR count). The van der Waals surface area contributed by atoms with Gasteiger partial charge in [0.15, 0.2) is 5.96 Å². The third kappa shape index (κ3) is 10.6. The van der Waals surface area contributed by atoms with Crippen LogP contribution in [0.25, 0.3) is 0 Å². The third-order valence-electron chi connectivity index (χ3n) is 32.1. The summed E-state index contributed by atoms with van der Waals surface area (Å²) in [5, 5.41) is 89.6. The van der Waals surface area contributed by atoms with Crippen LogP contribution in [0.15, 0.2) is 4.99 Å². The molecule has 0 spiro atoms. The van der Waals surface area contributed by atoms with Crippen LogP contribution in [-0.2, 0) is 14.4 Å². The number of carbonyl (C=O) groups excluding carboxylic acids is 2. The van der Waals surface area contributed by atoms with Gasteiger partial charge in [0.05, 0.1) is 42.7 Å². The predicted octanol–water partition coefficient (Wildman–Crippen LogP) is 9.73. The van der Waals surface area contributed by atoms with Crippen molar-refractivity contribution in [2.75, 3.05) is 0 Å². The van der Waals surface area contributed by atoms with Crippen LogP contribution in [0.5, 0.6) is 0 Å². The Kier molecular flexibility index (Phi) is 17.9. The van der Waals surface area contributed by atoms with E-state index in [1.54, 1.807) is 0 Å². The lowest BCUT2D eigenvalue weighted by molar-refractivity contribution is -0.202. The van der Waals surface area contributed by atoms with Gasteiger partial charge in [-0.15, -0.1) is 0 Å². The second-order valence-corrected chi connectivity index (χ2v) is 35.3. The molecule has 498 valence electrons. The number of fused-ring (bicyclic) bond motifs is 15. The van der Waals surface area contributed by atoms with Crippen LogP contribution in [0, 0.1) is 139 Å². The number of nitrogens with zero attached hydrogens (tertiary/aromatic N) is 1. The van der Waals surface area contributed by atoms with E-state index >= 15 is 0 Å². The summed E-state index contributed by atoms with van der Waals surface area (Å²) in [6, 6.07) is 0.204. The molecule has 12 fully saturated rings. The second-order valence-electron chi connectivity index (χ2n) is 35.3. The Morgan fingerprint density at radius 2 is 0.773 bits per heavy atom. The first kappa shape index (κ1) is 65.5. The van der Waals surface area contributed by atoms with Gasteiger partial charge in [0, 0.05) is 31.3 Å². The van der Waals surface area contributed by atoms with Gasteiger partial charge in [-0.1, -0.05) is 62.3 Å². The molecule has 0 saturated heterocycles. The number of carbonyl (C=O) groups is 3. The molecule has 33 atom stereocenters. The van der Waals surface area contributed by atoms with Gasteiger partial charge in [-0.2, -0.15) is 0 Å². The van der Waals surface area contributed by atoms with Crippen LogP contribution in [0.1, 0.15) is 236 Å². The van der Waals surface area contributed by atoms with Crippen LogP contribution >= 0.6 is 0 Å². The Bertz CT molecular complexity index is 2600. The molecule has 15 nitrogen and oxygen atoms in total. The van der Waals surface area contributed by atoms with Gasteiger partial charge in [-0.25, -0.2) is 0 Å². The molecule has 88 heavy (non-hydrogen) atoms. The normalized spacial score (nSPS) is 52.7. The van der Waals surface area contributed by atoms with Crippen molar-refractivity contribution in [3.63, 3.8) is 0 Å². The average molecular weight is 1230 g/mol. The monoisotopic (exact) mass is 1230 g/mol. The third-order valence-corrected chi connectivity index (χ3v) is 32.1. The van der Waals surface area contributed by atoms with E-state index < -0.39 is 42.6 Å². The molecule has 0 aromatic heterocycles. The van der Waals surface area contributed by atoms with Gasteiger partial charge in [-0.3, -0.25) is 19.4 Å². The van der Waals surface area contributed by atoms with E-state index in [9.17, 15) is 50.1 Å². The maximum Gasteiger partial charge on any atom is 0.303 e. The maximum absolute atomic E-state index is 14.0. The summed E-state index contributed by atoms with van der Waals surface area (Å²) in [4.78, 5) is 44.0. The van der Waals surface area contributed by atoms with Crippen molar-refractivity contribution < 1.29 is 50.1 Å². The first-order valence-electron chi connectivity index (χ1n) is 36.5. The summed E-state index contributed by atoms with van der Waals surface area (Å²) >= 11 is 0. The van der Waals surface area contributed by atoms with Gasteiger partial charge in [0.1, 0.15) is 0 Å². The first-order valence-corrected chi connectivity index (χ1v) is 36.5. The maximum atomic E-state index is 14.0. The number of rotatable bonds is 15. The molecule has 0 radical (unpaired) electrons. The van der Waals surface area contributed by atoms with Crippen LogP contribution in [0.4, 0.5) is 0 Å². The van der Waals surface area contributed by atoms with Gasteiger partial charge < -0.3 is 57.8 Å². The molecule has 12 saturated carbocycles. The van der Waals surface area contributed by atoms with E-state index in [1.165, 1.54) is 0 Å². The number of nitrogens with one attached hydrogen (secondary N) is 2. The summed E-state index contributed by atoms with van der Waals surface area (Å²) in [6.07, 6.45) is 18.9. The lowest BCUT2D eigenvalue weighted by Crippen LogP contribution is -2.63. The summed E-state index contributed by atoms with van der Waals surface area (Å²) in [5.41, 5.74) is 10.6. The van der Waals surface area contributed by atoms with E-state index in [0.717, 1.165) is 128 Å². The standard InChI is InChI=1S/C73H121N5O10/c1-37(10-19-61(85)77-44-23-26-69(5)41(29-44)32-56(80)66-51-18-15-48(39(3)12-21-63(87)88)73(51,9)60(84)35-53(66)69)46-13-16-49-64-52(34-58(82)71(46,49)7)68(4)25-22-43(28-40(68)31-55(64)79)76-62(86)20-11-38(2)47-14-17-50-65-54(36-59(83)72(47,50)8)70(6)27-24-45(78-67(74)75)30-42(70)33-57(65)81/h37-60,64-66,79-84H,10-36H2,1-9H3,(H,76,86)(H,77,85)(H,87,88)(H4,74,75,78)/t37-,38-,39-,40?,41?,42?,43-,44-,45-,46-,47-,48-,49+,50+,51+,52+,53+,54+,55-,56-,57-,58+,59+,60+,64+,65+,66+,68+,69+,70+,71-,72-,73-/m1/s1. The zero-order valence-corrected chi connectivity index (χ0v) is 55.6. The number of carboxylic acid groups (broad SMARTS) is 1. The zero-order chi connectivity index (χ0) is 63.1. The smallest absolute Gasteiger partial charge is 0.303 e. The Morgan fingerprint density at radius 3 is 1.11 bits per heavy atom. The average Bonchev–Trinajstić information content (AvgIpc) is 1.33. The lowest BCUT2D eigenvalue weighted by atomic mass is 9.43. The number of hydrogen-bond acceptors (Lipinski definition) is 10.